The highest BCUT2D eigenvalue weighted by molar-refractivity contribution is 7.81. The van der Waals surface area contributed by atoms with Crippen molar-refractivity contribution in [3.8, 4) is 5.75 Å². The number of carbonyl (C=O) groups excluding carboxylic acids is 1. The second-order valence-corrected chi connectivity index (χ2v) is 5.45. The SMILES string of the molecule is O=C(Nc1ccc(OS(=O)(=O)F)cc1)c1cc(C(F)F)ccc1F. The molecule has 2 aromatic carbocycles. The fraction of sp³-hybridized carbons (Fsp3) is 0.0714. The van der Waals surface area contributed by atoms with Crippen LogP contribution in [0.4, 0.5) is 22.7 Å². The van der Waals surface area contributed by atoms with Gasteiger partial charge in [0.25, 0.3) is 12.3 Å². The maximum Gasteiger partial charge on any atom is 0.488 e. The molecule has 0 fully saturated rings. The Kier molecular flexibility index (Phi) is 5.07. The molecule has 0 bridgehead atoms. The van der Waals surface area contributed by atoms with E-state index in [0.29, 0.717) is 0 Å². The molecule has 1 N–H and O–H groups in total. The number of hydrogen-bond acceptors (Lipinski definition) is 4. The average molecular weight is 363 g/mol. The van der Waals surface area contributed by atoms with Crippen molar-refractivity contribution in [1.82, 2.24) is 0 Å². The summed E-state index contributed by atoms with van der Waals surface area (Å²) in [6.45, 7) is 0. The van der Waals surface area contributed by atoms with Crippen molar-refractivity contribution < 1.29 is 34.5 Å². The van der Waals surface area contributed by atoms with Gasteiger partial charge >= 0.3 is 10.5 Å². The highest BCUT2D eigenvalue weighted by Gasteiger charge is 2.16. The molecule has 2 aromatic rings. The standard InChI is InChI=1S/C14H9F4NO4S/c15-12-6-1-8(13(16)17)7-11(12)14(20)19-9-2-4-10(5-3-9)23-24(18,21)22/h1-7,13H,(H,19,20). The quantitative estimate of drug-likeness (QED) is 0.651. The minimum atomic E-state index is -5.18. The van der Waals surface area contributed by atoms with Crippen LogP contribution in [0.3, 0.4) is 0 Å². The first-order valence-electron chi connectivity index (χ1n) is 6.29. The van der Waals surface area contributed by atoms with Gasteiger partial charge in [-0.2, -0.15) is 8.42 Å². The van der Waals surface area contributed by atoms with Gasteiger partial charge in [0, 0.05) is 11.3 Å². The largest absolute Gasteiger partial charge is 0.488 e. The summed E-state index contributed by atoms with van der Waals surface area (Å²) in [5, 5.41) is 2.23. The number of amides is 1. The van der Waals surface area contributed by atoms with Gasteiger partial charge < -0.3 is 9.50 Å². The molecule has 0 aliphatic rings. The Morgan fingerprint density at radius 2 is 1.71 bits per heavy atom. The van der Waals surface area contributed by atoms with E-state index in [2.05, 4.69) is 9.50 Å². The highest BCUT2D eigenvalue weighted by atomic mass is 32.3. The third-order valence-corrected chi connectivity index (χ3v) is 3.19. The maximum atomic E-state index is 13.6. The van der Waals surface area contributed by atoms with Crippen LogP contribution in [0.5, 0.6) is 5.75 Å². The summed E-state index contributed by atoms with van der Waals surface area (Å²) in [4.78, 5) is 11.9. The van der Waals surface area contributed by atoms with Gasteiger partial charge in [-0.25, -0.2) is 13.2 Å². The van der Waals surface area contributed by atoms with Crippen LogP contribution >= 0.6 is 0 Å². The minimum Gasteiger partial charge on any atom is -0.358 e. The lowest BCUT2D eigenvalue weighted by Gasteiger charge is -2.08. The van der Waals surface area contributed by atoms with Crippen LogP contribution in [-0.2, 0) is 10.5 Å². The summed E-state index contributed by atoms with van der Waals surface area (Å²) in [6.07, 6.45) is -2.86. The second-order valence-electron chi connectivity index (χ2n) is 4.49. The van der Waals surface area contributed by atoms with Gasteiger partial charge in [0.05, 0.1) is 5.56 Å². The van der Waals surface area contributed by atoms with Crippen molar-refractivity contribution >= 4 is 22.1 Å². The summed E-state index contributed by atoms with van der Waals surface area (Å²) < 4.78 is 75.7. The Morgan fingerprint density at radius 3 is 2.25 bits per heavy atom. The van der Waals surface area contributed by atoms with Crippen molar-refractivity contribution in [2.75, 3.05) is 5.32 Å². The van der Waals surface area contributed by atoms with Gasteiger partial charge in [-0.3, -0.25) is 4.79 Å². The molecule has 0 aliphatic heterocycles. The van der Waals surface area contributed by atoms with E-state index in [1.807, 2.05) is 0 Å². The zero-order chi connectivity index (χ0) is 17.9. The van der Waals surface area contributed by atoms with Crippen LogP contribution in [-0.4, -0.2) is 14.3 Å². The Hall–Kier alpha value is -2.62. The van der Waals surface area contributed by atoms with E-state index in [-0.39, 0.29) is 11.4 Å². The second kappa shape index (κ2) is 6.87. The van der Waals surface area contributed by atoms with E-state index in [9.17, 15) is 30.3 Å². The summed E-state index contributed by atoms with van der Waals surface area (Å²) in [6, 6.07) is 6.74. The van der Waals surface area contributed by atoms with Crippen molar-refractivity contribution in [2.45, 2.75) is 6.43 Å². The minimum absolute atomic E-state index is 0.0884. The Morgan fingerprint density at radius 1 is 1.08 bits per heavy atom. The predicted molar refractivity (Wildman–Crippen MR) is 76.4 cm³/mol. The van der Waals surface area contributed by atoms with E-state index >= 15 is 0 Å². The lowest BCUT2D eigenvalue weighted by atomic mass is 10.1. The van der Waals surface area contributed by atoms with Crippen molar-refractivity contribution in [3.63, 3.8) is 0 Å². The number of alkyl halides is 2. The molecule has 0 heterocycles. The van der Waals surface area contributed by atoms with E-state index in [0.717, 1.165) is 42.5 Å². The van der Waals surface area contributed by atoms with Crippen LogP contribution in [0.25, 0.3) is 0 Å². The monoisotopic (exact) mass is 363 g/mol. The van der Waals surface area contributed by atoms with Crippen molar-refractivity contribution in [3.05, 3.63) is 59.4 Å². The first-order valence-corrected chi connectivity index (χ1v) is 7.59. The highest BCUT2D eigenvalue weighted by Crippen LogP contribution is 2.23. The van der Waals surface area contributed by atoms with E-state index < -0.39 is 39.8 Å². The fourth-order valence-electron chi connectivity index (χ4n) is 1.76. The number of hydrogen-bond donors (Lipinski definition) is 1. The number of nitrogens with one attached hydrogen (secondary N) is 1. The van der Waals surface area contributed by atoms with Gasteiger partial charge in [-0.1, -0.05) is 9.95 Å². The number of benzene rings is 2. The van der Waals surface area contributed by atoms with Crippen molar-refractivity contribution in [1.29, 1.82) is 0 Å². The molecule has 128 valence electrons. The molecule has 24 heavy (non-hydrogen) atoms. The Labute approximate surface area is 134 Å². The molecule has 1 amide bonds. The molecule has 0 saturated heterocycles. The third kappa shape index (κ3) is 4.69. The van der Waals surface area contributed by atoms with Crippen LogP contribution in [0.1, 0.15) is 22.3 Å². The van der Waals surface area contributed by atoms with Crippen LogP contribution < -0.4 is 9.50 Å². The summed E-state index contributed by atoms with van der Waals surface area (Å²) in [5.74, 6) is -2.32. The van der Waals surface area contributed by atoms with Crippen LogP contribution in [0.15, 0.2) is 42.5 Å². The topological polar surface area (TPSA) is 72.5 Å². The Balaban J connectivity index is 2.16. The first kappa shape index (κ1) is 17.7. The third-order valence-electron chi connectivity index (χ3n) is 2.79. The first-order chi connectivity index (χ1) is 11.2. The zero-order valence-electron chi connectivity index (χ0n) is 11.7. The molecular weight excluding hydrogens is 354 g/mol. The zero-order valence-corrected chi connectivity index (χ0v) is 12.5. The molecule has 0 unspecified atom stereocenters. The number of carbonyl (C=O) groups is 1. The Bertz CT molecular complexity index is 854. The van der Waals surface area contributed by atoms with Gasteiger partial charge in [-0.15, -0.1) is 0 Å². The van der Waals surface area contributed by atoms with Crippen LogP contribution in [0, 0.1) is 5.82 Å². The lowest BCUT2D eigenvalue weighted by Crippen LogP contribution is -2.14. The summed E-state index contributed by atoms with van der Waals surface area (Å²) in [7, 11) is -5.18. The molecule has 5 nitrogen and oxygen atoms in total. The summed E-state index contributed by atoms with van der Waals surface area (Å²) >= 11 is 0. The number of rotatable bonds is 5. The molecule has 0 radical (unpaired) electrons. The molecule has 0 saturated carbocycles. The molecule has 0 atom stereocenters. The van der Waals surface area contributed by atoms with E-state index in [1.54, 1.807) is 0 Å². The fourth-order valence-corrected chi connectivity index (χ4v) is 2.10. The van der Waals surface area contributed by atoms with Crippen molar-refractivity contribution in [2.24, 2.45) is 0 Å². The number of anilines is 1. The predicted octanol–water partition coefficient (Wildman–Crippen LogP) is 3.61. The van der Waals surface area contributed by atoms with Gasteiger partial charge in [0.15, 0.2) is 0 Å². The number of halogens is 4. The summed E-state index contributed by atoms with van der Waals surface area (Å²) in [5.41, 5.74) is -1.01. The average Bonchev–Trinajstić information content (AvgIpc) is 2.48. The molecule has 0 aromatic heterocycles. The maximum absolute atomic E-state index is 13.6. The molecule has 10 heteroatoms. The van der Waals surface area contributed by atoms with E-state index in [1.165, 1.54) is 0 Å². The van der Waals surface area contributed by atoms with E-state index in [4.69, 9.17) is 0 Å². The molecular formula is C14H9F4NO4S. The van der Waals surface area contributed by atoms with Gasteiger partial charge in [0.1, 0.15) is 11.6 Å². The smallest absolute Gasteiger partial charge is 0.358 e. The van der Waals surface area contributed by atoms with Gasteiger partial charge in [-0.05, 0) is 36.4 Å². The van der Waals surface area contributed by atoms with Crippen LogP contribution in [0.2, 0.25) is 0 Å². The molecule has 2 rings (SSSR count). The molecule has 0 aliphatic carbocycles. The molecule has 0 spiro atoms. The van der Waals surface area contributed by atoms with Gasteiger partial charge in [0.2, 0.25) is 0 Å². The normalized spacial score (nSPS) is 11.4. The lowest BCUT2D eigenvalue weighted by molar-refractivity contribution is 0.102.